The maximum atomic E-state index is 5.54. The summed E-state index contributed by atoms with van der Waals surface area (Å²) in [5.41, 5.74) is 19.7. The number of aromatic nitrogens is 2. The second-order valence-electron chi connectivity index (χ2n) is 16.2. The molecule has 0 amide bonds. The molecule has 0 N–H and O–H groups in total. The van der Waals surface area contributed by atoms with Gasteiger partial charge in [-0.3, -0.25) is 4.98 Å². The fourth-order valence-corrected chi connectivity index (χ4v) is 8.81. The van der Waals surface area contributed by atoms with E-state index in [-0.39, 0.29) is 0 Å². The average Bonchev–Trinajstić information content (AvgIpc) is 3.39. The van der Waals surface area contributed by atoms with E-state index in [0.717, 1.165) is 83.7 Å². The lowest BCUT2D eigenvalue weighted by atomic mass is 9.91. The van der Waals surface area contributed by atoms with Crippen LogP contribution in [0.4, 0.5) is 0 Å². The first-order valence-corrected chi connectivity index (χ1v) is 21.8. The van der Waals surface area contributed by atoms with E-state index in [9.17, 15) is 0 Å². The molecular weight excluding hydrogens is 773 g/mol. The van der Waals surface area contributed by atoms with Gasteiger partial charge in [0, 0.05) is 28.3 Å². The quantitative estimate of drug-likeness (QED) is 0.145. The molecule has 64 heavy (non-hydrogen) atoms. The van der Waals surface area contributed by atoms with Crippen LogP contribution in [0.15, 0.2) is 255 Å². The zero-order chi connectivity index (χ0) is 42.7. The van der Waals surface area contributed by atoms with Crippen LogP contribution in [0.2, 0.25) is 0 Å². The Kier molecular flexibility index (Phi) is 10.3. The van der Waals surface area contributed by atoms with Crippen molar-refractivity contribution >= 4 is 10.8 Å². The molecule has 0 saturated heterocycles. The largest absolute Gasteiger partial charge is 0.256 e. The average molecular weight is 815 g/mol. The van der Waals surface area contributed by atoms with Crippen LogP contribution in [0.3, 0.4) is 0 Å². The molecule has 2 aromatic heterocycles. The number of hydrogen-bond donors (Lipinski definition) is 0. The monoisotopic (exact) mass is 814 g/mol. The third-order valence-corrected chi connectivity index (χ3v) is 12.1. The summed E-state index contributed by atoms with van der Waals surface area (Å²) in [4.78, 5) is 10.4. The predicted molar refractivity (Wildman–Crippen MR) is 268 cm³/mol. The van der Waals surface area contributed by atoms with E-state index >= 15 is 0 Å². The van der Waals surface area contributed by atoms with Crippen LogP contribution < -0.4 is 0 Å². The van der Waals surface area contributed by atoms with Crippen LogP contribution in [-0.2, 0) is 0 Å². The highest BCUT2D eigenvalue weighted by atomic mass is 14.7. The third kappa shape index (κ3) is 7.93. The number of rotatable bonds is 9. The van der Waals surface area contributed by atoms with E-state index in [1.807, 2.05) is 6.20 Å². The van der Waals surface area contributed by atoms with Gasteiger partial charge in [-0.2, -0.15) is 0 Å². The van der Waals surface area contributed by atoms with Crippen LogP contribution in [0.5, 0.6) is 0 Å². The number of hydrogen-bond acceptors (Lipinski definition) is 2. The Morgan fingerprint density at radius 1 is 0.219 bits per heavy atom. The molecule has 2 heterocycles. The van der Waals surface area contributed by atoms with E-state index in [1.54, 1.807) is 0 Å². The maximum absolute atomic E-state index is 5.54. The molecule has 0 spiro atoms. The van der Waals surface area contributed by atoms with Gasteiger partial charge in [0.1, 0.15) is 0 Å². The molecule has 11 rings (SSSR count). The van der Waals surface area contributed by atoms with Gasteiger partial charge in [-0.1, -0.05) is 182 Å². The molecule has 9 aromatic carbocycles. The minimum Gasteiger partial charge on any atom is -0.256 e. The van der Waals surface area contributed by atoms with Gasteiger partial charge in [0.2, 0.25) is 0 Å². The first kappa shape index (κ1) is 38.5. The van der Waals surface area contributed by atoms with Gasteiger partial charge in [0.05, 0.1) is 17.1 Å². The molecule has 0 radical (unpaired) electrons. The van der Waals surface area contributed by atoms with Crippen molar-refractivity contribution in [2.45, 2.75) is 0 Å². The summed E-state index contributed by atoms with van der Waals surface area (Å²) in [5.74, 6) is 0. The lowest BCUT2D eigenvalue weighted by Crippen LogP contribution is -1.94. The Balaban J connectivity index is 1.10. The number of pyridine rings is 2. The predicted octanol–water partition coefficient (Wildman–Crippen LogP) is 16.6. The molecule has 0 bridgehead atoms. The first-order chi connectivity index (χ1) is 31.7. The summed E-state index contributed by atoms with van der Waals surface area (Å²) in [7, 11) is 0. The van der Waals surface area contributed by atoms with Gasteiger partial charge in [-0.05, 0) is 139 Å². The summed E-state index contributed by atoms with van der Waals surface area (Å²) in [6.07, 6.45) is 1.91. The van der Waals surface area contributed by atoms with Crippen molar-refractivity contribution in [3.8, 4) is 101 Å². The number of benzene rings is 9. The summed E-state index contributed by atoms with van der Waals surface area (Å²) >= 11 is 0. The Labute approximate surface area is 374 Å². The van der Waals surface area contributed by atoms with Crippen molar-refractivity contribution in [2.75, 3.05) is 0 Å². The highest BCUT2D eigenvalue weighted by Gasteiger charge is 2.15. The summed E-state index contributed by atoms with van der Waals surface area (Å²) < 4.78 is 0. The van der Waals surface area contributed by atoms with Gasteiger partial charge in [-0.25, -0.2) is 4.98 Å². The smallest absolute Gasteiger partial charge is 0.0780 e. The Hall–Kier alpha value is -8.46. The fourth-order valence-electron chi connectivity index (χ4n) is 8.81. The molecule has 300 valence electrons. The van der Waals surface area contributed by atoms with Gasteiger partial charge < -0.3 is 0 Å². The van der Waals surface area contributed by atoms with E-state index in [0.29, 0.717) is 0 Å². The summed E-state index contributed by atoms with van der Waals surface area (Å²) in [5, 5.41) is 2.30. The Morgan fingerprint density at radius 3 is 1.08 bits per heavy atom. The van der Waals surface area contributed by atoms with Crippen molar-refractivity contribution in [1.82, 2.24) is 9.97 Å². The molecule has 0 aliphatic heterocycles. The molecule has 0 atom stereocenters. The lowest BCUT2D eigenvalue weighted by Gasteiger charge is -2.15. The molecule has 2 heteroatoms. The molecule has 0 saturated carbocycles. The van der Waals surface area contributed by atoms with Crippen LogP contribution >= 0.6 is 0 Å². The number of fused-ring (bicyclic) bond motifs is 1. The number of nitrogens with zero attached hydrogens (tertiary/aromatic N) is 2. The van der Waals surface area contributed by atoms with Gasteiger partial charge in [0.15, 0.2) is 0 Å². The van der Waals surface area contributed by atoms with Crippen molar-refractivity contribution < 1.29 is 0 Å². The molecule has 11 aromatic rings. The van der Waals surface area contributed by atoms with E-state index in [1.165, 1.54) is 27.6 Å². The van der Waals surface area contributed by atoms with Gasteiger partial charge in [-0.15, -0.1) is 0 Å². The molecule has 0 unspecified atom stereocenters. The fraction of sp³-hybridized carbons (Fsp3) is 0. The third-order valence-electron chi connectivity index (χ3n) is 12.1. The van der Waals surface area contributed by atoms with Crippen molar-refractivity contribution in [3.05, 3.63) is 255 Å². The Morgan fingerprint density at radius 2 is 0.562 bits per heavy atom. The summed E-state index contributed by atoms with van der Waals surface area (Å²) in [6, 6.07) is 89.0. The summed E-state index contributed by atoms with van der Waals surface area (Å²) in [6.45, 7) is 0. The highest BCUT2D eigenvalue weighted by molar-refractivity contribution is 5.95. The molecule has 0 aliphatic rings. The van der Waals surface area contributed by atoms with Crippen LogP contribution in [0.25, 0.3) is 111 Å². The second-order valence-corrected chi connectivity index (χ2v) is 16.2. The highest BCUT2D eigenvalue weighted by Crippen LogP contribution is 2.39. The molecule has 0 aliphatic carbocycles. The zero-order valence-corrected chi connectivity index (χ0v) is 35.1. The molecule has 0 fully saturated rings. The normalized spacial score (nSPS) is 11.1. The van der Waals surface area contributed by atoms with E-state index in [4.69, 9.17) is 9.97 Å². The topological polar surface area (TPSA) is 25.8 Å². The van der Waals surface area contributed by atoms with Crippen LogP contribution in [-0.4, -0.2) is 9.97 Å². The maximum Gasteiger partial charge on any atom is 0.0780 e. The minimum absolute atomic E-state index is 0.900. The Bertz CT molecular complexity index is 3290. The molecular formula is C62H42N2. The van der Waals surface area contributed by atoms with E-state index < -0.39 is 0 Å². The van der Waals surface area contributed by atoms with Gasteiger partial charge in [0.25, 0.3) is 0 Å². The standard InChI is InChI=1S/C62H42N2/c1-5-17-43(18-6-1)52-35-53(44-19-7-2-8-20-44)38-56(37-52)48-26-15-28-50(33-48)60-41-57(49-27-16-29-51(34-49)62-59-30-14-13-25-47(59)31-32-63-62)42-61(64-60)58-39-54(45-21-9-3-10-22-45)36-55(40-58)46-23-11-4-12-24-46/h1-42H. The zero-order valence-electron chi connectivity index (χ0n) is 35.1. The molecule has 2 nitrogen and oxygen atoms in total. The van der Waals surface area contributed by atoms with Gasteiger partial charge >= 0.3 is 0 Å². The van der Waals surface area contributed by atoms with Crippen molar-refractivity contribution in [3.63, 3.8) is 0 Å². The van der Waals surface area contributed by atoms with E-state index in [2.05, 4.69) is 249 Å². The SMILES string of the molecule is c1ccc(-c2cc(-c3ccccc3)cc(-c3cccc(-c4cc(-c5cccc(-c6nccc7ccccc67)c5)cc(-c5cc(-c6ccccc6)cc(-c6ccccc6)c5)n4)c3)c2)cc1. The first-order valence-electron chi connectivity index (χ1n) is 21.8. The lowest BCUT2D eigenvalue weighted by molar-refractivity contribution is 1.32. The second kappa shape index (κ2) is 17.1. The van der Waals surface area contributed by atoms with Crippen LogP contribution in [0.1, 0.15) is 0 Å². The minimum atomic E-state index is 0.900. The van der Waals surface area contributed by atoms with Crippen LogP contribution in [0, 0.1) is 0 Å². The van der Waals surface area contributed by atoms with Crippen molar-refractivity contribution in [1.29, 1.82) is 0 Å². The van der Waals surface area contributed by atoms with Crippen molar-refractivity contribution in [2.24, 2.45) is 0 Å².